The summed E-state index contributed by atoms with van der Waals surface area (Å²) in [6.07, 6.45) is -3.45. The Bertz CT molecular complexity index is 390. The Morgan fingerprint density at radius 1 is 1.18 bits per heavy atom. The minimum absolute atomic E-state index is 0.0416. The quantitative estimate of drug-likeness (QED) is 0.609. The summed E-state index contributed by atoms with van der Waals surface area (Å²) >= 11 is 0. The molecule has 0 aliphatic rings. The van der Waals surface area contributed by atoms with Gasteiger partial charge in [-0.25, -0.2) is 9.97 Å². The maximum Gasteiger partial charge on any atom is 0.456 e. The van der Waals surface area contributed by atoms with E-state index in [1.54, 1.807) is 0 Å². The van der Waals surface area contributed by atoms with E-state index in [2.05, 4.69) is 14.7 Å². The smallest absolute Gasteiger partial charge is 0.456 e. The minimum atomic E-state index is -5.70. The van der Waals surface area contributed by atoms with Crippen molar-refractivity contribution >= 4 is 6.29 Å². The first-order valence-electron chi connectivity index (χ1n) is 4.11. The highest BCUT2D eigenvalue weighted by Gasteiger charge is 2.58. The Morgan fingerprint density at radius 3 is 2.12 bits per heavy atom. The molecule has 1 aromatic heterocycles. The largest absolute Gasteiger partial charge is 0.457 e. The zero-order valence-corrected chi connectivity index (χ0v) is 8.04. The van der Waals surface area contributed by atoms with Gasteiger partial charge in [0, 0.05) is 12.4 Å². The fourth-order valence-corrected chi connectivity index (χ4v) is 0.699. The van der Waals surface area contributed by atoms with Gasteiger partial charge in [-0.1, -0.05) is 0 Å². The highest BCUT2D eigenvalue weighted by atomic mass is 19.4. The van der Waals surface area contributed by atoms with Crippen LogP contribution in [-0.2, 0) is 0 Å². The third-order valence-corrected chi connectivity index (χ3v) is 1.58. The molecule has 4 nitrogen and oxygen atoms in total. The SMILES string of the molecule is O=Cc1cnc(OCC(F)(F)C(F)(F)F)nc1. The van der Waals surface area contributed by atoms with Crippen molar-refractivity contribution in [2.75, 3.05) is 6.61 Å². The second-order valence-corrected chi connectivity index (χ2v) is 2.91. The highest BCUT2D eigenvalue weighted by molar-refractivity contribution is 5.73. The van der Waals surface area contributed by atoms with Crippen molar-refractivity contribution in [1.29, 1.82) is 0 Å². The molecule has 1 heterocycles. The average molecular weight is 256 g/mol. The van der Waals surface area contributed by atoms with Crippen LogP contribution in [0.4, 0.5) is 22.0 Å². The molecular formula is C8H5F5N2O2. The first kappa shape index (κ1) is 13.3. The summed E-state index contributed by atoms with van der Waals surface area (Å²) in [5.41, 5.74) is 0.0416. The first-order valence-corrected chi connectivity index (χ1v) is 4.11. The molecular weight excluding hydrogens is 251 g/mol. The molecule has 0 N–H and O–H groups in total. The lowest BCUT2D eigenvalue weighted by Crippen LogP contribution is -2.42. The number of nitrogens with zero attached hydrogens (tertiary/aromatic N) is 2. The van der Waals surface area contributed by atoms with Gasteiger partial charge >= 0.3 is 18.1 Å². The van der Waals surface area contributed by atoms with Crippen molar-refractivity contribution in [1.82, 2.24) is 9.97 Å². The standard InChI is InChI=1S/C8H5F5N2O2/c9-7(10,8(11,12)13)4-17-6-14-1-5(3-16)2-15-6/h1-3H,4H2. The Balaban J connectivity index is 2.64. The molecule has 0 saturated carbocycles. The van der Waals surface area contributed by atoms with Gasteiger partial charge in [-0.3, -0.25) is 4.79 Å². The van der Waals surface area contributed by atoms with Gasteiger partial charge in [0.15, 0.2) is 12.9 Å². The van der Waals surface area contributed by atoms with Crippen molar-refractivity contribution < 1.29 is 31.5 Å². The maximum atomic E-state index is 12.4. The van der Waals surface area contributed by atoms with Gasteiger partial charge < -0.3 is 4.74 Å². The van der Waals surface area contributed by atoms with Crippen LogP contribution in [0.15, 0.2) is 12.4 Å². The van der Waals surface area contributed by atoms with Crippen LogP contribution in [0.25, 0.3) is 0 Å². The molecule has 0 aliphatic heterocycles. The molecule has 9 heteroatoms. The van der Waals surface area contributed by atoms with Gasteiger partial charge in [0.1, 0.15) is 0 Å². The third kappa shape index (κ3) is 3.33. The van der Waals surface area contributed by atoms with Crippen LogP contribution in [0.1, 0.15) is 10.4 Å². The van der Waals surface area contributed by atoms with E-state index < -0.39 is 24.7 Å². The number of aldehydes is 1. The molecule has 0 atom stereocenters. The number of carbonyl (C=O) groups is 1. The Hall–Kier alpha value is -1.80. The summed E-state index contributed by atoms with van der Waals surface area (Å²) < 4.78 is 64.1. The van der Waals surface area contributed by atoms with Gasteiger partial charge in [0.25, 0.3) is 0 Å². The van der Waals surface area contributed by atoms with E-state index in [9.17, 15) is 26.7 Å². The number of rotatable bonds is 4. The molecule has 0 amide bonds. The van der Waals surface area contributed by atoms with E-state index in [1.165, 1.54) is 0 Å². The van der Waals surface area contributed by atoms with Crippen LogP contribution in [0, 0.1) is 0 Å². The van der Waals surface area contributed by atoms with Crippen LogP contribution < -0.4 is 4.74 Å². The number of carbonyl (C=O) groups excluding carboxylic acids is 1. The van der Waals surface area contributed by atoms with Gasteiger partial charge in [-0.05, 0) is 0 Å². The van der Waals surface area contributed by atoms with Crippen LogP contribution in [-0.4, -0.2) is 35.0 Å². The van der Waals surface area contributed by atoms with Crippen LogP contribution in [0.2, 0.25) is 0 Å². The molecule has 0 saturated heterocycles. The van der Waals surface area contributed by atoms with Gasteiger partial charge in [0.05, 0.1) is 5.56 Å². The van der Waals surface area contributed by atoms with Crippen molar-refractivity contribution in [2.45, 2.75) is 12.1 Å². The fourth-order valence-electron chi connectivity index (χ4n) is 0.699. The normalized spacial score (nSPS) is 12.3. The van der Waals surface area contributed by atoms with Gasteiger partial charge in [-0.2, -0.15) is 22.0 Å². The van der Waals surface area contributed by atoms with E-state index in [-0.39, 0.29) is 5.56 Å². The first-order chi connectivity index (χ1) is 7.76. The number of ether oxygens (including phenoxy) is 1. The van der Waals surface area contributed by atoms with Crippen molar-refractivity contribution in [3.8, 4) is 6.01 Å². The van der Waals surface area contributed by atoms with E-state index >= 15 is 0 Å². The predicted octanol–water partition coefficient (Wildman–Crippen LogP) is 1.87. The Kier molecular flexibility index (Phi) is 3.59. The summed E-state index contributed by atoms with van der Waals surface area (Å²) in [6.45, 7) is -1.92. The molecule has 0 bridgehead atoms. The van der Waals surface area contributed by atoms with Crippen molar-refractivity contribution in [3.05, 3.63) is 18.0 Å². The zero-order valence-electron chi connectivity index (χ0n) is 8.04. The summed E-state index contributed by atoms with van der Waals surface area (Å²) in [4.78, 5) is 16.7. The second-order valence-electron chi connectivity index (χ2n) is 2.91. The number of aromatic nitrogens is 2. The number of hydrogen-bond donors (Lipinski definition) is 0. The fraction of sp³-hybridized carbons (Fsp3) is 0.375. The topological polar surface area (TPSA) is 52.1 Å². The van der Waals surface area contributed by atoms with Crippen LogP contribution >= 0.6 is 0 Å². The van der Waals surface area contributed by atoms with Crippen LogP contribution in [0.3, 0.4) is 0 Å². The number of halogens is 5. The molecule has 17 heavy (non-hydrogen) atoms. The predicted molar refractivity (Wildman–Crippen MR) is 43.9 cm³/mol. The summed E-state index contributed by atoms with van der Waals surface area (Å²) in [6, 6.07) is -0.667. The number of hydrogen-bond acceptors (Lipinski definition) is 4. The van der Waals surface area contributed by atoms with E-state index in [1.807, 2.05) is 0 Å². The van der Waals surface area contributed by atoms with Crippen molar-refractivity contribution in [2.24, 2.45) is 0 Å². The Morgan fingerprint density at radius 2 is 1.71 bits per heavy atom. The lowest BCUT2D eigenvalue weighted by molar-refractivity contribution is -0.290. The molecule has 0 unspecified atom stereocenters. The lowest BCUT2D eigenvalue weighted by atomic mass is 10.3. The summed E-state index contributed by atoms with van der Waals surface area (Å²) in [7, 11) is 0. The number of alkyl halides is 5. The molecule has 1 aromatic rings. The maximum absolute atomic E-state index is 12.4. The Labute approximate surface area is 91.4 Å². The van der Waals surface area contributed by atoms with Gasteiger partial charge in [0.2, 0.25) is 0 Å². The summed E-state index contributed by atoms with van der Waals surface area (Å²) in [5, 5.41) is 0. The van der Waals surface area contributed by atoms with E-state index in [0.717, 1.165) is 12.4 Å². The molecule has 0 aliphatic carbocycles. The lowest BCUT2D eigenvalue weighted by Gasteiger charge is -2.18. The monoisotopic (exact) mass is 256 g/mol. The molecule has 0 aromatic carbocycles. The third-order valence-electron chi connectivity index (χ3n) is 1.58. The van der Waals surface area contributed by atoms with E-state index in [4.69, 9.17) is 0 Å². The molecule has 0 spiro atoms. The molecule has 0 radical (unpaired) electrons. The molecule has 0 fully saturated rings. The molecule has 94 valence electrons. The highest BCUT2D eigenvalue weighted by Crippen LogP contribution is 2.35. The average Bonchev–Trinajstić information content (AvgIpc) is 2.25. The summed E-state index contributed by atoms with van der Waals surface area (Å²) in [5.74, 6) is -4.99. The minimum Gasteiger partial charge on any atom is -0.457 e. The van der Waals surface area contributed by atoms with E-state index in [0.29, 0.717) is 6.29 Å². The molecule has 1 rings (SSSR count). The second kappa shape index (κ2) is 4.60. The van der Waals surface area contributed by atoms with Gasteiger partial charge in [-0.15, -0.1) is 0 Å². The van der Waals surface area contributed by atoms with Crippen LogP contribution in [0.5, 0.6) is 6.01 Å². The zero-order chi connectivity index (χ0) is 13.1. The van der Waals surface area contributed by atoms with Crippen molar-refractivity contribution in [3.63, 3.8) is 0 Å².